The SMILES string of the molecule is Cc1cc2c(F)csc2cc1CO. The van der Waals surface area contributed by atoms with Crippen LogP contribution in [-0.2, 0) is 6.61 Å². The van der Waals surface area contributed by atoms with Crippen molar-refractivity contribution < 1.29 is 9.50 Å². The molecule has 0 atom stereocenters. The molecule has 0 bridgehead atoms. The minimum atomic E-state index is -0.174. The Morgan fingerprint density at radius 1 is 1.46 bits per heavy atom. The van der Waals surface area contributed by atoms with E-state index >= 15 is 0 Å². The first kappa shape index (κ1) is 8.66. The average molecular weight is 196 g/mol. The molecule has 2 rings (SSSR count). The van der Waals surface area contributed by atoms with E-state index in [2.05, 4.69) is 0 Å². The molecule has 0 amide bonds. The first-order chi connectivity index (χ1) is 6.22. The summed E-state index contributed by atoms with van der Waals surface area (Å²) in [6.07, 6.45) is 0. The normalized spacial score (nSPS) is 11.0. The second-order valence-electron chi connectivity index (χ2n) is 3.02. The van der Waals surface area contributed by atoms with Crippen LogP contribution in [0.15, 0.2) is 17.5 Å². The number of halogens is 1. The highest BCUT2D eigenvalue weighted by Gasteiger charge is 2.06. The minimum Gasteiger partial charge on any atom is -0.392 e. The number of hydrogen-bond acceptors (Lipinski definition) is 2. The smallest absolute Gasteiger partial charge is 0.141 e. The fourth-order valence-corrected chi connectivity index (χ4v) is 2.21. The van der Waals surface area contributed by atoms with Crippen molar-refractivity contribution in [3.05, 3.63) is 34.5 Å². The Balaban J connectivity index is 2.76. The molecule has 2 aromatic rings. The van der Waals surface area contributed by atoms with E-state index in [0.29, 0.717) is 5.39 Å². The van der Waals surface area contributed by atoms with Crippen LogP contribution in [0.25, 0.3) is 10.1 Å². The van der Waals surface area contributed by atoms with Crippen LogP contribution in [0.3, 0.4) is 0 Å². The minimum absolute atomic E-state index is 0.0152. The molecule has 0 unspecified atom stereocenters. The van der Waals surface area contributed by atoms with Gasteiger partial charge in [-0.25, -0.2) is 4.39 Å². The number of aryl methyl sites for hydroxylation is 1. The second kappa shape index (κ2) is 3.09. The van der Waals surface area contributed by atoms with Crippen LogP contribution in [0.2, 0.25) is 0 Å². The second-order valence-corrected chi connectivity index (χ2v) is 3.93. The summed E-state index contributed by atoms with van der Waals surface area (Å²) in [6.45, 7) is 1.89. The maximum absolute atomic E-state index is 13.1. The molecule has 1 aromatic heterocycles. The molecule has 0 radical (unpaired) electrons. The van der Waals surface area contributed by atoms with Crippen molar-refractivity contribution in [1.82, 2.24) is 0 Å². The van der Waals surface area contributed by atoms with Gasteiger partial charge in [-0.3, -0.25) is 0 Å². The molecule has 13 heavy (non-hydrogen) atoms. The number of aliphatic hydroxyl groups is 1. The molecule has 1 aromatic carbocycles. The summed E-state index contributed by atoms with van der Waals surface area (Å²) in [7, 11) is 0. The van der Waals surface area contributed by atoms with Gasteiger partial charge in [-0.2, -0.15) is 0 Å². The van der Waals surface area contributed by atoms with E-state index < -0.39 is 0 Å². The highest BCUT2D eigenvalue weighted by molar-refractivity contribution is 7.17. The maximum Gasteiger partial charge on any atom is 0.141 e. The van der Waals surface area contributed by atoms with E-state index in [1.165, 1.54) is 16.7 Å². The van der Waals surface area contributed by atoms with Crippen molar-refractivity contribution in [2.24, 2.45) is 0 Å². The van der Waals surface area contributed by atoms with Crippen LogP contribution < -0.4 is 0 Å². The van der Waals surface area contributed by atoms with Gasteiger partial charge in [0.05, 0.1) is 6.61 Å². The van der Waals surface area contributed by atoms with Crippen LogP contribution >= 0.6 is 11.3 Å². The van der Waals surface area contributed by atoms with Gasteiger partial charge >= 0.3 is 0 Å². The molecule has 0 saturated carbocycles. The largest absolute Gasteiger partial charge is 0.392 e. The standard InChI is InChI=1S/C10H9FOS/c1-6-2-8-9(11)5-13-10(8)3-7(6)4-12/h2-3,5,12H,4H2,1H3. The summed E-state index contributed by atoms with van der Waals surface area (Å²) in [5.74, 6) is -0.174. The lowest BCUT2D eigenvalue weighted by Gasteiger charge is -2.01. The highest BCUT2D eigenvalue weighted by atomic mass is 32.1. The Hall–Kier alpha value is -0.930. The van der Waals surface area contributed by atoms with E-state index in [1.54, 1.807) is 6.07 Å². The third kappa shape index (κ3) is 1.34. The molecule has 0 aliphatic heterocycles. The van der Waals surface area contributed by atoms with Crippen LogP contribution in [0.5, 0.6) is 0 Å². The number of benzene rings is 1. The summed E-state index contributed by atoms with van der Waals surface area (Å²) in [5, 5.41) is 11.1. The molecule has 0 fully saturated rings. The summed E-state index contributed by atoms with van der Waals surface area (Å²) < 4.78 is 14.0. The molecule has 3 heteroatoms. The van der Waals surface area contributed by atoms with Crippen LogP contribution in [0.1, 0.15) is 11.1 Å². The van der Waals surface area contributed by atoms with Crippen molar-refractivity contribution in [3.8, 4) is 0 Å². The number of rotatable bonds is 1. The van der Waals surface area contributed by atoms with Gasteiger partial charge in [-0.1, -0.05) is 0 Å². The van der Waals surface area contributed by atoms with Crippen molar-refractivity contribution >= 4 is 21.4 Å². The molecule has 1 N–H and O–H groups in total. The molecule has 68 valence electrons. The molecular formula is C10H9FOS. The molecule has 0 aliphatic rings. The zero-order chi connectivity index (χ0) is 9.42. The summed E-state index contributed by atoms with van der Waals surface area (Å²) in [4.78, 5) is 0. The first-order valence-electron chi connectivity index (χ1n) is 3.99. The van der Waals surface area contributed by atoms with Gasteiger partial charge < -0.3 is 5.11 Å². The Morgan fingerprint density at radius 3 is 2.92 bits per heavy atom. The predicted octanol–water partition coefficient (Wildman–Crippen LogP) is 2.84. The van der Waals surface area contributed by atoms with Crippen LogP contribution in [0.4, 0.5) is 4.39 Å². The van der Waals surface area contributed by atoms with Crippen molar-refractivity contribution in [2.45, 2.75) is 13.5 Å². The molecule has 1 heterocycles. The van der Waals surface area contributed by atoms with Gasteiger partial charge in [0.25, 0.3) is 0 Å². The Morgan fingerprint density at radius 2 is 2.23 bits per heavy atom. The van der Waals surface area contributed by atoms with E-state index in [4.69, 9.17) is 5.11 Å². The fraction of sp³-hybridized carbons (Fsp3) is 0.200. The summed E-state index contributed by atoms with van der Waals surface area (Å²) in [6, 6.07) is 3.63. The van der Waals surface area contributed by atoms with Crippen molar-refractivity contribution in [3.63, 3.8) is 0 Å². The van der Waals surface area contributed by atoms with Gasteiger partial charge in [0.15, 0.2) is 0 Å². The number of hydrogen-bond donors (Lipinski definition) is 1. The van der Waals surface area contributed by atoms with Gasteiger partial charge in [0.2, 0.25) is 0 Å². The zero-order valence-corrected chi connectivity index (χ0v) is 7.99. The molecule has 1 nitrogen and oxygen atoms in total. The number of thiophene rings is 1. The van der Waals surface area contributed by atoms with Crippen LogP contribution in [-0.4, -0.2) is 5.11 Å². The first-order valence-corrected chi connectivity index (χ1v) is 4.87. The molecule has 0 spiro atoms. The van der Waals surface area contributed by atoms with Crippen molar-refractivity contribution in [2.75, 3.05) is 0 Å². The predicted molar refractivity (Wildman–Crippen MR) is 52.4 cm³/mol. The van der Waals surface area contributed by atoms with Crippen LogP contribution in [0, 0.1) is 12.7 Å². The number of aliphatic hydroxyl groups excluding tert-OH is 1. The lowest BCUT2D eigenvalue weighted by Crippen LogP contribution is -1.87. The van der Waals surface area contributed by atoms with Crippen molar-refractivity contribution in [1.29, 1.82) is 0 Å². The number of fused-ring (bicyclic) bond motifs is 1. The van der Waals surface area contributed by atoms with Gasteiger partial charge in [-0.15, -0.1) is 11.3 Å². The van der Waals surface area contributed by atoms with E-state index in [0.717, 1.165) is 15.8 Å². The van der Waals surface area contributed by atoms with E-state index in [1.807, 2.05) is 13.0 Å². The Labute approximate surface area is 79.4 Å². The molecule has 0 aliphatic carbocycles. The lowest BCUT2D eigenvalue weighted by molar-refractivity contribution is 0.281. The molecule has 0 saturated heterocycles. The topological polar surface area (TPSA) is 20.2 Å². The maximum atomic E-state index is 13.1. The average Bonchev–Trinajstić information content (AvgIpc) is 2.47. The van der Waals surface area contributed by atoms with Gasteiger partial charge in [-0.05, 0) is 30.2 Å². The summed E-state index contributed by atoms with van der Waals surface area (Å²) >= 11 is 1.37. The Bertz CT molecular complexity index is 447. The fourth-order valence-electron chi connectivity index (χ4n) is 1.36. The van der Waals surface area contributed by atoms with E-state index in [9.17, 15) is 4.39 Å². The third-order valence-corrected chi connectivity index (χ3v) is 3.07. The van der Waals surface area contributed by atoms with Gasteiger partial charge in [0.1, 0.15) is 5.82 Å². The molecular weight excluding hydrogens is 187 g/mol. The highest BCUT2D eigenvalue weighted by Crippen LogP contribution is 2.27. The Kier molecular flexibility index (Phi) is 2.06. The summed E-state index contributed by atoms with van der Waals surface area (Å²) in [5.41, 5.74) is 1.81. The van der Waals surface area contributed by atoms with Gasteiger partial charge in [0, 0.05) is 15.5 Å². The van der Waals surface area contributed by atoms with E-state index in [-0.39, 0.29) is 12.4 Å². The zero-order valence-electron chi connectivity index (χ0n) is 7.17. The third-order valence-electron chi connectivity index (χ3n) is 2.16. The monoisotopic (exact) mass is 196 g/mol. The quantitative estimate of drug-likeness (QED) is 0.743. The lowest BCUT2D eigenvalue weighted by atomic mass is 10.1.